The van der Waals surface area contributed by atoms with Gasteiger partial charge in [-0.25, -0.2) is 4.39 Å². The number of carbonyl (C=O) groups is 1. The maximum Gasteiger partial charge on any atom is 0.256 e. The summed E-state index contributed by atoms with van der Waals surface area (Å²) in [7, 11) is 1.67. The molecule has 2 heterocycles. The highest BCUT2D eigenvalue weighted by Gasteiger charge is 2.29. The van der Waals surface area contributed by atoms with Gasteiger partial charge in [0.05, 0.1) is 29.7 Å². The number of carbonyl (C=O) groups excluding carboxylic acids is 1. The minimum atomic E-state index is -0.195. The lowest BCUT2D eigenvalue weighted by molar-refractivity contribution is 0.0713. The first-order valence-electron chi connectivity index (χ1n) is 11.6. The Bertz CT molecular complexity index is 1130. The van der Waals surface area contributed by atoms with E-state index in [1.165, 1.54) is 6.07 Å². The van der Waals surface area contributed by atoms with Crippen LogP contribution in [0.3, 0.4) is 0 Å². The topological polar surface area (TPSA) is 69.7 Å². The number of rotatable bonds is 8. The number of likely N-dealkylation sites (tertiary alicyclic amines) is 1. The van der Waals surface area contributed by atoms with E-state index in [1.54, 1.807) is 13.2 Å². The zero-order chi connectivity index (χ0) is 23.4. The molecule has 4 rings (SSSR count). The summed E-state index contributed by atoms with van der Waals surface area (Å²) in [5.74, 6) is 0.588. The second kappa shape index (κ2) is 11.7. The summed E-state index contributed by atoms with van der Waals surface area (Å²) >= 11 is 0. The van der Waals surface area contributed by atoms with Crippen molar-refractivity contribution in [3.05, 3.63) is 65.1 Å². The van der Waals surface area contributed by atoms with Gasteiger partial charge in [0.2, 0.25) is 0 Å². The molecule has 1 saturated heterocycles. The first-order valence-corrected chi connectivity index (χ1v) is 11.6. The Morgan fingerprint density at radius 1 is 1.21 bits per heavy atom. The van der Waals surface area contributed by atoms with E-state index in [9.17, 15) is 9.18 Å². The second-order valence-electron chi connectivity index (χ2n) is 8.44. The lowest BCUT2D eigenvalue weighted by Crippen LogP contribution is -2.38. The molecule has 2 aromatic carbocycles. The maximum atomic E-state index is 14.5. The van der Waals surface area contributed by atoms with Gasteiger partial charge in [0.15, 0.2) is 0 Å². The van der Waals surface area contributed by atoms with E-state index < -0.39 is 0 Å². The van der Waals surface area contributed by atoms with E-state index in [0.29, 0.717) is 56.3 Å². The molecule has 1 aliphatic rings. The van der Waals surface area contributed by atoms with Gasteiger partial charge in [0.1, 0.15) is 11.6 Å². The van der Waals surface area contributed by atoms with Crippen molar-refractivity contribution in [3.8, 4) is 5.75 Å². The third-order valence-corrected chi connectivity index (χ3v) is 6.45. The number of hydrogen-bond donors (Lipinski definition) is 1. The highest BCUT2D eigenvalue weighted by Crippen LogP contribution is 2.34. The Kier molecular flexibility index (Phi) is 8.94. The molecule has 3 aromatic rings. The summed E-state index contributed by atoms with van der Waals surface area (Å²) in [5, 5.41) is 0.837. The molecule has 8 heteroatoms. The number of ether oxygens (including phenoxy) is 2. The van der Waals surface area contributed by atoms with E-state index in [4.69, 9.17) is 15.2 Å². The summed E-state index contributed by atoms with van der Waals surface area (Å²) in [4.78, 5) is 15.5. The van der Waals surface area contributed by atoms with Crippen LogP contribution >= 0.6 is 12.4 Å². The summed E-state index contributed by atoms with van der Waals surface area (Å²) < 4.78 is 27.6. The molecule has 0 radical (unpaired) electrons. The van der Waals surface area contributed by atoms with Gasteiger partial charge < -0.3 is 24.7 Å². The van der Waals surface area contributed by atoms with Gasteiger partial charge in [0, 0.05) is 39.5 Å². The van der Waals surface area contributed by atoms with Crippen LogP contribution in [0.15, 0.2) is 42.6 Å². The zero-order valence-electron chi connectivity index (χ0n) is 19.8. The lowest BCUT2D eigenvalue weighted by atomic mass is 9.88. The molecule has 0 unspecified atom stereocenters. The molecule has 34 heavy (non-hydrogen) atoms. The first-order chi connectivity index (χ1) is 16.1. The normalized spacial score (nSPS) is 14.3. The number of aromatic nitrogens is 1. The number of methoxy groups -OCH3 is 1. The van der Waals surface area contributed by atoms with Crippen molar-refractivity contribution in [2.45, 2.75) is 38.8 Å². The lowest BCUT2D eigenvalue weighted by Gasteiger charge is -2.32. The van der Waals surface area contributed by atoms with Crippen LogP contribution in [0.1, 0.15) is 47.2 Å². The molecule has 0 atom stereocenters. The van der Waals surface area contributed by atoms with Crippen molar-refractivity contribution in [2.75, 3.05) is 33.4 Å². The molecule has 1 aliphatic heterocycles. The number of amides is 1. The number of fused-ring (bicyclic) bond motifs is 1. The molecule has 1 fully saturated rings. The van der Waals surface area contributed by atoms with E-state index >= 15 is 0 Å². The van der Waals surface area contributed by atoms with Crippen molar-refractivity contribution in [1.82, 2.24) is 9.47 Å². The van der Waals surface area contributed by atoms with E-state index in [0.717, 1.165) is 29.3 Å². The predicted molar refractivity (Wildman–Crippen MR) is 134 cm³/mol. The zero-order valence-corrected chi connectivity index (χ0v) is 20.6. The van der Waals surface area contributed by atoms with Crippen molar-refractivity contribution in [2.24, 2.45) is 5.73 Å². The van der Waals surface area contributed by atoms with Crippen molar-refractivity contribution < 1.29 is 18.7 Å². The highest BCUT2D eigenvalue weighted by molar-refractivity contribution is 6.09. The average molecular weight is 490 g/mol. The third-order valence-electron chi connectivity index (χ3n) is 6.45. The second-order valence-corrected chi connectivity index (χ2v) is 8.44. The molecular formula is C26H33ClFN3O3. The van der Waals surface area contributed by atoms with Gasteiger partial charge in [-0.2, -0.15) is 0 Å². The van der Waals surface area contributed by atoms with Crippen LogP contribution in [0.4, 0.5) is 4.39 Å². The smallest absolute Gasteiger partial charge is 0.256 e. The molecule has 0 saturated carbocycles. The van der Waals surface area contributed by atoms with Crippen molar-refractivity contribution in [3.63, 3.8) is 0 Å². The Hall–Kier alpha value is -2.61. The van der Waals surface area contributed by atoms with Gasteiger partial charge in [-0.15, -0.1) is 12.4 Å². The fourth-order valence-corrected chi connectivity index (χ4v) is 4.73. The minimum absolute atomic E-state index is 0. The van der Waals surface area contributed by atoms with Gasteiger partial charge in [-0.05, 0) is 55.0 Å². The fraction of sp³-hybridized carbons (Fsp3) is 0.423. The molecule has 0 aliphatic carbocycles. The first kappa shape index (κ1) is 26.0. The largest absolute Gasteiger partial charge is 0.493 e. The van der Waals surface area contributed by atoms with Crippen LogP contribution in [0.5, 0.6) is 5.75 Å². The quantitative estimate of drug-likeness (QED) is 0.497. The molecule has 184 valence electrons. The van der Waals surface area contributed by atoms with E-state index in [2.05, 4.69) is 4.57 Å². The molecule has 6 nitrogen and oxygen atoms in total. The van der Waals surface area contributed by atoms with Gasteiger partial charge in [-0.3, -0.25) is 4.79 Å². The summed E-state index contributed by atoms with van der Waals surface area (Å²) in [6.45, 7) is 5.21. The molecule has 2 N–H and O–H groups in total. The average Bonchev–Trinajstić information content (AvgIpc) is 3.22. The Balaban J connectivity index is 0.00000324. The van der Waals surface area contributed by atoms with Crippen LogP contribution in [-0.4, -0.2) is 48.8 Å². The van der Waals surface area contributed by atoms with Gasteiger partial charge >= 0.3 is 0 Å². The van der Waals surface area contributed by atoms with Crippen LogP contribution in [0.2, 0.25) is 0 Å². The van der Waals surface area contributed by atoms with Crippen LogP contribution in [0, 0.1) is 5.82 Å². The summed E-state index contributed by atoms with van der Waals surface area (Å²) in [6.07, 6.45) is 3.35. The van der Waals surface area contributed by atoms with Crippen molar-refractivity contribution >= 4 is 29.2 Å². The number of hydrogen-bond acceptors (Lipinski definition) is 4. The highest BCUT2D eigenvalue weighted by atomic mass is 35.5. The standard InChI is InChI=1S/C26H32FN3O3.ClH/c1-3-33-24-6-4-5-23-25(24)21(17-30(23)13-14-32-2)26(31)29-11-9-19(10-12-29)20-15-18(16-28)7-8-22(20)27;/h4-8,15,17,19H,3,9-14,16,28H2,1-2H3;1H. The maximum absolute atomic E-state index is 14.5. The number of piperidine rings is 1. The fourth-order valence-electron chi connectivity index (χ4n) is 4.73. The van der Waals surface area contributed by atoms with Gasteiger partial charge in [0.25, 0.3) is 5.91 Å². The SMILES string of the molecule is CCOc1cccc2c1c(C(=O)N1CCC(c3cc(CN)ccc3F)CC1)cn2CCOC.Cl. The van der Waals surface area contributed by atoms with Crippen LogP contribution in [0.25, 0.3) is 10.9 Å². The van der Waals surface area contributed by atoms with Gasteiger partial charge in [-0.1, -0.05) is 18.2 Å². The number of benzene rings is 2. The Morgan fingerprint density at radius 2 is 1.97 bits per heavy atom. The third kappa shape index (κ3) is 5.22. The summed E-state index contributed by atoms with van der Waals surface area (Å²) in [5.41, 5.74) is 8.97. The summed E-state index contributed by atoms with van der Waals surface area (Å²) in [6, 6.07) is 11.0. The molecule has 0 bridgehead atoms. The predicted octanol–water partition coefficient (Wildman–Crippen LogP) is 4.73. The number of halogens is 2. The number of nitrogens with zero attached hydrogens (tertiary/aromatic N) is 2. The Labute approximate surface area is 206 Å². The molecular weight excluding hydrogens is 457 g/mol. The monoisotopic (exact) mass is 489 g/mol. The van der Waals surface area contributed by atoms with E-state index in [1.807, 2.05) is 42.3 Å². The van der Waals surface area contributed by atoms with E-state index in [-0.39, 0.29) is 30.0 Å². The molecule has 0 spiro atoms. The molecule has 1 amide bonds. The Morgan fingerprint density at radius 3 is 2.65 bits per heavy atom. The van der Waals surface area contributed by atoms with Crippen LogP contribution < -0.4 is 10.5 Å². The number of nitrogens with two attached hydrogens (primary N) is 1. The van der Waals surface area contributed by atoms with Crippen molar-refractivity contribution in [1.29, 1.82) is 0 Å². The van der Waals surface area contributed by atoms with Crippen LogP contribution in [-0.2, 0) is 17.8 Å². The molecule has 1 aromatic heterocycles. The minimum Gasteiger partial charge on any atom is -0.493 e.